The molecule has 1 fully saturated rings. The fraction of sp³-hybridized carbons (Fsp3) is 0.312. The van der Waals surface area contributed by atoms with Crippen LogP contribution in [0.5, 0.6) is 0 Å². The van der Waals surface area contributed by atoms with Gasteiger partial charge in [0.15, 0.2) is 0 Å². The first-order chi connectivity index (χ1) is 11.2. The number of nitrogens with zero attached hydrogens (tertiary/aromatic N) is 4. The van der Waals surface area contributed by atoms with E-state index in [2.05, 4.69) is 30.9 Å². The van der Waals surface area contributed by atoms with Gasteiger partial charge in [-0.2, -0.15) is 4.98 Å². The molecule has 0 spiro atoms. The zero-order chi connectivity index (χ0) is 15.8. The molecule has 7 nitrogen and oxygen atoms in total. The number of H-pyrrole nitrogens is 1. The Balaban J connectivity index is 1.90. The second kappa shape index (κ2) is 5.42. The van der Waals surface area contributed by atoms with E-state index in [-0.39, 0.29) is 5.95 Å². The largest absolute Gasteiger partial charge is 0.384 e. The summed E-state index contributed by atoms with van der Waals surface area (Å²) in [5.74, 6) is 0.544. The molecule has 7 heteroatoms. The van der Waals surface area contributed by atoms with Gasteiger partial charge in [0.25, 0.3) is 0 Å². The number of rotatable bonds is 2. The lowest BCUT2D eigenvalue weighted by Gasteiger charge is -2.29. The molecule has 0 atom stereocenters. The Morgan fingerprint density at radius 2 is 1.91 bits per heavy atom. The van der Waals surface area contributed by atoms with E-state index in [4.69, 9.17) is 11.5 Å². The van der Waals surface area contributed by atoms with Crippen LogP contribution in [-0.4, -0.2) is 33.0 Å². The minimum Gasteiger partial charge on any atom is -0.384 e. The lowest BCUT2D eigenvalue weighted by Crippen LogP contribution is -2.29. The SMILES string of the molecule is Nc1cc(-c2c[nH]c3nccc(N4CCCCC4)c23)nc(N)n1. The second-order valence-corrected chi connectivity index (χ2v) is 5.84. The van der Waals surface area contributed by atoms with Gasteiger partial charge in [-0.15, -0.1) is 0 Å². The Morgan fingerprint density at radius 3 is 2.70 bits per heavy atom. The highest BCUT2D eigenvalue weighted by molar-refractivity contribution is 6.02. The van der Waals surface area contributed by atoms with Crippen molar-refractivity contribution in [3.63, 3.8) is 0 Å². The van der Waals surface area contributed by atoms with E-state index in [9.17, 15) is 0 Å². The number of aromatic nitrogens is 4. The minimum absolute atomic E-state index is 0.178. The summed E-state index contributed by atoms with van der Waals surface area (Å²) >= 11 is 0. The van der Waals surface area contributed by atoms with Gasteiger partial charge < -0.3 is 21.4 Å². The first-order valence-corrected chi connectivity index (χ1v) is 7.84. The molecule has 1 aliphatic heterocycles. The van der Waals surface area contributed by atoms with E-state index in [1.807, 2.05) is 12.4 Å². The van der Waals surface area contributed by atoms with E-state index in [1.165, 1.54) is 24.9 Å². The van der Waals surface area contributed by atoms with Crippen molar-refractivity contribution < 1.29 is 0 Å². The summed E-state index contributed by atoms with van der Waals surface area (Å²) in [6.45, 7) is 2.13. The molecule has 0 radical (unpaired) electrons. The number of piperidine rings is 1. The summed E-state index contributed by atoms with van der Waals surface area (Å²) < 4.78 is 0. The summed E-state index contributed by atoms with van der Waals surface area (Å²) in [5, 5.41) is 1.06. The van der Waals surface area contributed by atoms with Crippen LogP contribution in [0.4, 0.5) is 17.5 Å². The molecule has 0 aliphatic carbocycles. The molecule has 4 rings (SSSR count). The third-order valence-corrected chi connectivity index (χ3v) is 4.29. The number of anilines is 3. The molecule has 3 aromatic rings. The average molecular weight is 309 g/mol. The van der Waals surface area contributed by atoms with E-state index >= 15 is 0 Å². The van der Waals surface area contributed by atoms with Crippen LogP contribution in [0, 0.1) is 0 Å². The van der Waals surface area contributed by atoms with E-state index < -0.39 is 0 Å². The summed E-state index contributed by atoms with van der Waals surface area (Å²) in [6.07, 6.45) is 7.49. The van der Waals surface area contributed by atoms with Crippen molar-refractivity contribution in [1.82, 2.24) is 19.9 Å². The number of pyridine rings is 1. The molecule has 0 bridgehead atoms. The fourth-order valence-corrected chi connectivity index (χ4v) is 3.26. The van der Waals surface area contributed by atoms with Gasteiger partial charge in [0, 0.05) is 42.8 Å². The zero-order valence-corrected chi connectivity index (χ0v) is 12.8. The first-order valence-electron chi connectivity index (χ1n) is 7.84. The van der Waals surface area contributed by atoms with Crippen LogP contribution in [0.25, 0.3) is 22.3 Å². The van der Waals surface area contributed by atoms with Crippen molar-refractivity contribution in [2.24, 2.45) is 0 Å². The molecule has 0 saturated carbocycles. The first kappa shape index (κ1) is 13.8. The van der Waals surface area contributed by atoms with Crippen molar-refractivity contribution in [2.45, 2.75) is 19.3 Å². The summed E-state index contributed by atoms with van der Waals surface area (Å²) in [6, 6.07) is 3.81. The van der Waals surface area contributed by atoms with Gasteiger partial charge in [0.2, 0.25) is 5.95 Å². The highest BCUT2D eigenvalue weighted by Gasteiger charge is 2.19. The summed E-state index contributed by atoms with van der Waals surface area (Å²) in [4.78, 5) is 18.4. The Hall–Kier alpha value is -2.83. The van der Waals surface area contributed by atoms with Crippen LogP contribution in [0.2, 0.25) is 0 Å². The number of nitrogen functional groups attached to an aromatic ring is 2. The van der Waals surface area contributed by atoms with Gasteiger partial charge in [-0.1, -0.05) is 0 Å². The molecule has 3 aromatic heterocycles. The topological polar surface area (TPSA) is 110 Å². The normalized spacial score (nSPS) is 15.2. The lowest BCUT2D eigenvalue weighted by molar-refractivity contribution is 0.579. The van der Waals surface area contributed by atoms with Gasteiger partial charge in [-0.05, 0) is 25.3 Å². The molecule has 5 N–H and O–H groups in total. The fourth-order valence-electron chi connectivity index (χ4n) is 3.26. The maximum atomic E-state index is 5.82. The number of aromatic amines is 1. The number of nitrogens with two attached hydrogens (primary N) is 2. The molecule has 4 heterocycles. The molecule has 0 amide bonds. The molecular weight excluding hydrogens is 290 g/mol. The third kappa shape index (κ3) is 2.44. The van der Waals surface area contributed by atoms with Gasteiger partial charge in [0.1, 0.15) is 11.5 Å². The second-order valence-electron chi connectivity index (χ2n) is 5.84. The van der Waals surface area contributed by atoms with Crippen LogP contribution in [0.15, 0.2) is 24.5 Å². The average Bonchev–Trinajstić information content (AvgIpc) is 2.99. The van der Waals surface area contributed by atoms with Crippen molar-refractivity contribution in [3.8, 4) is 11.3 Å². The van der Waals surface area contributed by atoms with Crippen molar-refractivity contribution in [3.05, 3.63) is 24.5 Å². The number of hydrogen-bond acceptors (Lipinski definition) is 6. The highest BCUT2D eigenvalue weighted by atomic mass is 15.1. The molecule has 1 saturated heterocycles. The Morgan fingerprint density at radius 1 is 1.09 bits per heavy atom. The Labute approximate surface area is 133 Å². The maximum absolute atomic E-state index is 5.82. The van der Waals surface area contributed by atoms with Crippen molar-refractivity contribution >= 4 is 28.5 Å². The molecule has 118 valence electrons. The summed E-state index contributed by atoms with van der Waals surface area (Å²) in [7, 11) is 0. The van der Waals surface area contributed by atoms with Crippen LogP contribution < -0.4 is 16.4 Å². The van der Waals surface area contributed by atoms with Crippen LogP contribution in [0.3, 0.4) is 0 Å². The van der Waals surface area contributed by atoms with E-state index in [0.29, 0.717) is 11.5 Å². The molecule has 0 unspecified atom stereocenters. The standard InChI is InChI=1S/C16H19N7/c17-13-8-11(21-16(18)22-13)10-9-20-15-14(10)12(4-5-19-15)23-6-2-1-3-7-23/h4-5,8-9H,1-3,6-7H2,(H,19,20)(H4,17,18,21,22). The predicted octanol–water partition coefficient (Wildman–Crippen LogP) is 2.17. The molecule has 23 heavy (non-hydrogen) atoms. The van der Waals surface area contributed by atoms with Crippen molar-refractivity contribution in [2.75, 3.05) is 29.5 Å². The predicted molar refractivity (Wildman–Crippen MR) is 92.0 cm³/mol. The van der Waals surface area contributed by atoms with Crippen molar-refractivity contribution in [1.29, 1.82) is 0 Å². The Bertz CT molecular complexity index is 829. The minimum atomic E-state index is 0.178. The van der Waals surface area contributed by atoms with Gasteiger partial charge in [-0.3, -0.25) is 0 Å². The number of fused-ring (bicyclic) bond motifs is 1. The van der Waals surface area contributed by atoms with E-state index in [1.54, 1.807) is 6.07 Å². The van der Waals surface area contributed by atoms with Gasteiger partial charge >= 0.3 is 0 Å². The molecule has 0 aromatic carbocycles. The molecular formula is C16H19N7. The lowest BCUT2D eigenvalue weighted by atomic mass is 10.1. The Kier molecular flexibility index (Phi) is 3.25. The highest BCUT2D eigenvalue weighted by Crippen LogP contribution is 2.35. The monoisotopic (exact) mass is 309 g/mol. The number of hydrogen-bond donors (Lipinski definition) is 3. The van der Waals surface area contributed by atoms with Crippen LogP contribution >= 0.6 is 0 Å². The third-order valence-electron chi connectivity index (χ3n) is 4.29. The quantitative estimate of drug-likeness (QED) is 0.669. The summed E-state index contributed by atoms with van der Waals surface area (Å²) in [5.41, 5.74) is 15.3. The van der Waals surface area contributed by atoms with Crippen LogP contribution in [0.1, 0.15) is 19.3 Å². The van der Waals surface area contributed by atoms with Gasteiger partial charge in [-0.25, -0.2) is 9.97 Å². The van der Waals surface area contributed by atoms with Crippen LogP contribution in [-0.2, 0) is 0 Å². The van der Waals surface area contributed by atoms with Gasteiger partial charge in [0.05, 0.1) is 11.1 Å². The van der Waals surface area contributed by atoms with E-state index in [0.717, 1.165) is 29.7 Å². The molecule has 1 aliphatic rings. The number of nitrogens with one attached hydrogen (secondary N) is 1. The maximum Gasteiger partial charge on any atom is 0.222 e. The smallest absolute Gasteiger partial charge is 0.222 e. The zero-order valence-electron chi connectivity index (χ0n) is 12.8.